The number of likely N-dealkylation sites (N-methyl/N-ethyl adjacent to an activating group) is 1. The van der Waals surface area contributed by atoms with E-state index in [9.17, 15) is 0 Å². The molecule has 0 saturated carbocycles. The van der Waals surface area contributed by atoms with Gasteiger partial charge in [0, 0.05) is 19.2 Å². The second kappa shape index (κ2) is 5.69. The van der Waals surface area contributed by atoms with Crippen molar-refractivity contribution in [3.63, 3.8) is 0 Å². The molecule has 1 N–H and O–H groups in total. The number of piperidine rings is 1. The largest absolute Gasteiger partial charge is 0.383 e. The maximum absolute atomic E-state index is 5.19. The van der Waals surface area contributed by atoms with E-state index in [1.54, 1.807) is 7.11 Å². The van der Waals surface area contributed by atoms with Crippen LogP contribution in [0.1, 0.15) is 20.3 Å². The third-order valence-corrected chi connectivity index (χ3v) is 3.37. The van der Waals surface area contributed by atoms with Crippen LogP contribution in [0.25, 0.3) is 0 Å². The number of ether oxygens (including phenoxy) is 1. The Morgan fingerprint density at radius 3 is 2.86 bits per heavy atom. The summed E-state index contributed by atoms with van der Waals surface area (Å²) < 4.78 is 5.19. The summed E-state index contributed by atoms with van der Waals surface area (Å²) in [4.78, 5) is 2.47. The van der Waals surface area contributed by atoms with E-state index in [1.807, 2.05) is 0 Å². The zero-order valence-corrected chi connectivity index (χ0v) is 9.92. The monoisotopic (exact) mass is 200 g/mol. The van der Waals surface area contributed by atoms with Crippen molar-refractivity contribution in [2.45, 2.75) is 32.4 Å². The van der Waals surface area contributed by atoms with Crippen LogP contribution in [-0.4, -0.2) is 50.8 Å². The molecule has 0 aliphatic carbocycles. The number of hydrogen-bond acceptors (Lipinski definition) is 3. The van der Waals surface area contributed by atoms with Crippen LogP contribution in [0, 0.1) is 5.92 Å². The molecule has 0 amide bonds. The van der Waals surface area contributed by atoms with Crippen molar-refractivity contribution >= 4 is 0 Å². The fourth-order valence-corrected chi connectivity index (χ4v) is 2.29. The molecule has 1 aliphatic rings. The minimum Gasteiger partial charge on any atom is -0.383 e. The Kier molecular flexibility index (Phi) is 4.85. The van der Waals surface area contributed by atoms with Gasteiger partial charge in [-0.15, -0.1) is 0 Å². The molecule has 1 aliphatic heterocycles. The van der Waals surface area contributed by atoms with Crippen molar-refractivity contribution in [2.75, 3.05) is 33.9 Å². The second-order valence-corrected chi connectivity index (χ2v) is 4.51. The van der Waals surface area contributed by atoms with E-state index in [-0.39, 0.29) is 0 Å². The van der Waals surface area contributed by atoms with E-state index >= 15 is 0 Å². The average Bonchev–Trinajstić information content (AvgIpc) is 2.18. The minimum atomic E-state index is 0.519. The molecule has 3 nitrogen and oxygen atoms in total. The summed E-state index contributed by atoms with van der Waals surface area (Å²) in [7, 11) is 3.99. The van der Waals surface area contributed by atoms with Crippen LogP contribution < -0.4 is 5.32 Å². The van der Waals surface area contributed by atoms with E-state index in [0.717, 1.165) is 25.6 Å². The Balaban J connectivity index is 2.44. The Morgan fingerprint density at radius 2 is 2.29 bits per heavy atom. The highest BCUT2D eigenvalue weighted by Crippen LogP contribution is 2.18. The zero-order chi connectivity index (χ0) is 10.6. The SMILES string of the molecule is COCC(C)N(C)C1CCNCC1C. The molecule has 1 fully saturated rings. The normalized spacial score (nSPS) is 30.6. The molecule has 0 aromatic carbocycles. The summed E-state index contributed by atoms with van der Waals surface area (Å²) in [5.41, 5.74) is 0. The quantitative estimate of drug-likeness (QED) is 0.731. The standard InChI is InChI=1S/C11H24N2O/c1-9-7-12-6-5-11(9)13(3)10(2)8-14-4/h9-12H,5-8H2,1-4H3. The van der Waals surface area contributed by atoms with Crippen molar-refractivity contribution in [3.8, 4) is 0 Å². The molecule has 0 aromatic heterocycles. The number of hydrogen-bond donors (Lipinski definition) is 1. The topological polar surface area (TPSA) is 24.5 Å². The summed E-state index contributed by atoms with van der Waals surface area (Å²) >= 11 is 0. The highest BCUT2D eigenvalue weighted by Gasteiger charge is 2.27. The van der Waals surface area contributed by atoms with Crippen LogP contribution in [0.15, 0.2) is 0 Å². The molecule has 84 valence electrons. The molecule has 1 heterocycles. The fourth-order valence-electron chi connectivity index (χ4n) is 2.29. The molecular formula is C11H24N2O. The first-order chi connectivity index (χ1) is 6.66. The first kappa shape index (κ1) is 12.0. The maximum atomic E-state index is 5.19. The molecule has 0 bridgehead atoms. The molecule has 0 aromatic rings. The van der Waals surface area contributed by atoms with Crippen molar-refractivity contribution in [2.24, 2.45) is 5.92 Å². The van der Waals surface area contributed by atoms with Crippen LogP contribution in [0.4, 0.5) is 0 Å². The van der Waals surface area contributed by atoms with Crippen LogP contribution in [-0.2, 0) is 4.74 Å². The molecule has 1 saturated heterocycles. The van der Waals surface area contributed by atoms with E-state index in [1.165, 1.54) is 6.42 Å². The summed E-state index contributed by atoms with van der Waals surface area (Å²) in [5, 5.41) is 3.43. The van der Waals surface area contributed by atoms with E-state index in [4.69, 9.17) is 4.74 Å². The van der Waals surface area contributed by atoms with Crippen molar-refractivity contribution in [1.29, 1.82) is 0 Å². The van der Waals surface area contributed by atoms with Gasteiger partial charge in [0.2, 0.25) is 0 Å². The van der Waals surface area contributed by atoms with Crippen LogP contribution >= 0.6 is 0 Å². The van der Waals surface area contributed by atoms with Crippen LogP contribution in [0.2, 0.25) is 0 Å². The molecule has 1 rings (SSSR count). The zero-order valence-electron chi connectivity index (χ0n) is 9.92. The van der Waals surface area contributed by atoms with Crippen molar-refractivity contribution in [3.05, 3.63) is 0 Å². The first-order valence-electron chi connectivity index (χ1n) is 5.58. The van der Waals surface area contributed by atoms with E-state index in [0.29, 0.717) is 12.1 Å². The highest BCUT2D eigenvalue weighted by atomic mass is 16.5. The Labute approximate surface area is 87.8 Å². The van der Waals surface area contributed by atoms with Gasteiger partial charge in [-0.1, -0.05) is 6.92 Å². The van der Waals surface area contributed by atoms with Gasteiger partial charge in [0.15, 0.2) is 0 Å². The first-order valence-corrected chi connectivity index (χ1v) is 5.58. The lowest BCUT2D eigenvalue weighted by Gasteiger charge is -2.39. The summed E-state index contributed by atoms with van der Waals surface area (Å²) in [6.07, 6.45) is 1.26. The highest BCUT2D eigenvalue weighted by molar-refractivity contribution is 4.83. The number of nitrogens with one attached hydrogen (secondary N) is 1. The lowest BCUT2D eigenvalue weighted by Crippen LogP contribution is -2.50. The third-order valence-electron chi connectivity index (χ3n) is 3.37. The Morgan fingerprint density at radius 1 is 1.57 bits per heavy atom. The molecule has 14 heavy (non-hydrogen) atoms. The van der Waals surface area contributed by atoms with Gasteiger partial charge in [0.1, 0.15) is 0 Å². The molecule has 3 heteroatoms. The molecular weight excluding hydrogens is 176 g/mol. The van der Waals surface area contributed by atoms with Crippen LogP contribution in [0.5, 0.6) is 0 Å². The molecule has 3 unspecified atom stereocenters. The van der Waals surface area contributed by atoms with Gasteiger partial charge in [-0.05, 0) is 39.4 Å². The van der Waals surface area contributed by atoms with Gasteiger partial charge in [0.05, 0.1) is 6.61 Å². The van der Waals surface area contributed by atoms with Gasteiger partial charge in [-0.2, -0.15) is 0 Å². The van der Waals surface area contributed by atoms with E-state index < -0.39 is 0 Å². The molecule has 0 spiro atoms. The third kappa shape index (κ3) is 2.94. The van der Waals surface area contributed by atoms with Gasteiger partial charge in [-0.25, -0.2) is 0 Å². The van der Waals surface area contributed by atoms with Crippen molar-refractivity contribution < 1.29 is 4.74 Å². The van der Waals surface area contributed by atoms with Gasteiger partial charge in [0.25, 0.3) is 0 Å². The van der Waals surface area contributed by atoms with Crippen LogP contribution in [0.3, 0.4) is 0 Å². The van der Waals surface area contributed by atoms with E-state index in [2.05, 4.69) is 31.1 Å². The number of rotatable bonds is 4. The predicted octanol–water partition coefficient (Wildman–Crippen LogP) is 0.951. The Hall–Kier alpha value is -0.120. The predicted molar refractivity (Wildman–Crippen MR) is 59.5 cm³/mol. The fraction of sp³-hybridized carbons (Fsp3) is 1.00. The lowest BCUT2D eigenvalue weighted by atomic mass is 9.93. The molecule has 3 atom stereocenters. The molecule has 0 radical (unpaired) electrons. The van der Waals surface area contributed by atoms with Gasteiger partial charge < -0.3 is 10.1 Å². The minimum absolute atomic E-state index is 0.519. The summed E-state index contributed by atoms with van der Waals surface area (Å²) in [6, 6.07) is 1.23. The number of nitrogens with zero attached hydrogens (tertiary/aromatic N) is 1. The van der Waals surface area contributed by atoms with Gasteiger partial charge in [-0.3, -0.25) is 4.90 Å². The summed E-state index contributed by atoms with van der Waals surface area (Å²) in [6.45, 7) is 7.69. The average molecular weight is 200 g/mol. The lowest BCUT2D eigenvalue weighted by molar-refractivity contribution is 0.0588. The Bertz CT molecular complexity index is 163. The smallest absolute Gasteiger partial charge is 0.0615 e. The number of methoxy groups -OCH3 is 1. The maximum Gasteiger partial charge on any atom is 0.0615 e. The van der Waals surface area contributed by atoms with Gasteiger partial charge >= 0.3 is 0 Å². The summed E-state index contributed by atoms with van der Waals surface area (Å²) in [5.74, 6) is 0.744. The van der Waals surface area contributed by atoms with Crippen molar-refractivity contribution in [1.82, 2.24) is 10.2 Å². The second-order valence-electron chi connectivity index (χ2n) is 4.51.